The van der Waals surface area contributed by atoms with Gasteiger partial charge in [-0.2, -0.15) is 0 Å². The Hall–Kier alpha value is -1.97. The number of nitrogens with zero attached hydrogens (tertiary/aromatic N) is 1. The van der Waals surface area contributed by atoms with Gasteiger partial charge < -0.3 is 9.72 Å². The molecule has 2 rings (SSSR count). The first-order chi connectivity index (χ1) is 7.79. The Kier molecular flexibility index (Phi) is 3.10. The lowest BCUT2D eigenvalue weighted by atomic mass is 10.1. The lowest BCUT2D eigenvalue weighted by Crippen LogP contribution is -2.17. The number of ether oxygens (including phenoxy) is 1. The van der Waals surface area contributed by atoms with E-state index in [-0.39, 0.29) is 5.69 Å². The molecule has 0 aliphatic heterocycles. The van der Waals surface area contributed by atoms with Crippen molar-refractivity contribution in [3.63, 3.8) is 0 Å². The summed E-state index contributed by atoms with van der Waals surface area (Å²) in [5.41, 5.74) is 1.13. The SMILES string of the molecule is COc1ccc(CCn2cc[nH]c2=O)cc1. The third-order valence-corrected chi connectivity index (χ3v) is 2.52. The van der Waals surface area contributed by atoms with E-state index in [9.17, 15) is 4.79 Å². The summed E-state index contributed by atoms with van der Waals surface area (Å²) >= 11 is 0. The minimum absolute atomic E-state index is 0.0616. The maximum absolute atomic E-state index is 11.2. The van der Waals surface area contributed by atoms with Crippen LogP contribution in [0.2, 0.25) is 0 Å². The van der Waals surface area contributed by atoms with Gasteiger partial charge in [0, 0.05) is 18.9 Å². The second kappa shape index (κ2) is 4.70. The van der Waals surface area contributed by atoms with Crippen molar-refractivity contribution < 1.29 is 4.74 Å². The van der Waals surface area contributed by atoms with Crippen molar-refractivity contribution in [1.82, 2.24) is 9.55 Å². The second-order valence-electron chi connectivity index (χ2n) is 3.56. The largest absolute Gasteiger partial charge is 0.497 e. The molecule has 1 aromatic heterocycles. The fourth-order valence-corrected chi connectivity index (χ4v) is 1.57. The Morgan fingerprint density at radius 3 is 2.62 bits per heavy atom. The number of benzene rings is 1. The first-order valence-corrected chi connectivity index (χ1v) is 5.16. The van der Waals surface area contributed by atoms with E-state index in [0.717, 1.165) is 12.2 Å². The molecule has 1 heterocycles. The fraction of sp³-hybridized carbons (Fsp3) is 0.250. The highest BCUT2D eigenvalue weighted by Gasteiger charge is 1.98. The lowest BCUT2D eigenvalue weighted by Gasteiger charge is -2.03. The highest BCUT2D eigenvalue weighted by atomic mass is 16.5. The number of nitrogens with one attached hydrogen (secondary N) is 1. The van der Waals surface area contributed by atoms with Gasteiger partial charge in [0.25, 0.3) is 0 Å². The van der Waals surface area contributed by atoms with Crippen LogP contribution >= 0.6 is 0 Å². The van der Waals surface area contributed by atoms with Crippen LogP contribution in [0.25, 0.3) is 0 Å². The Bertz CT molecular complexity index is 496. The molecule has 0 fully saturated rings. The lowest BCUT2D eigenvalue weighted by molar-refractivity contribution is 0.414. The Labute approximate surface area is 93.5 Å². The Morgan fingerprint density at radius 1 is 1.31 bits per heavy atom. The maximum Gasteiger partial charge on any atom is 0.325 e. The van der Waals surface area contributed by atoms with Gasteiger partial charge >= 0.3 is 5.69 Å². The molecule has 0 bridgehead atoms. The molecule has 1 aromatic carbocycles. The van der Waals surface area contributed by atoms with Crippen molar-refractivity contribution in [2.45, 2.75) is 13.0 Å². The number of methoxy groups -OCH3 is 1. The predicted octanol–water partition coefficient (Wildman–Crippen LogP) is 1.43. The van der Waals surface area contributed by atoms with Crippen LogP contribution in [0.4, 0.5) is 0 Å². The average molecular weight is 218 g/mol. The molecule has 0 unspecified atom stereocenters. The number of imidazole rings is 1. The van der Waals surface area contributed by atoms with Gasteiger partial charge in [-0.3, -0.25) is 4.57 Å². The van der Waals surface area contributed by atoms with Crippen molar-refractivity contribution in [2.75, 3.05) is 7.11 Å². The molecule has 2 aromatic rings. The molecule has 16 heavy (non-hydrogen) atoms. The van der Waals surface area contributed by atoms with Gasteiger partial charge in [-0.1, -0.05) is 12.1 Å². The molecule has 0 amide bonds. The highest BCUT2D eigenvalue weighted by Crippen LogP contribution is 2.11. The van der Waals surface area contributed by atoms with Crippen LogP contribution in [0.1, 0.15) is 5.56 Å². The smallest absolute Gasteiger partial charge is 0.325 e. The number of H-pyrrole nitrogens is 1. The van der Waals surface area contributed by atoms with Gasteiger partial charge in [0.15, 0.2) is 0 Å². The minimum atomic E-state index is -0.0616. The van der Waals surface area contributed by atoms with Crippen LogP contribution in [0.15, 0.2) is 41.5 Å². The zero-order chi connectivity index (χ0) is 11.4. The zero-order valence-electron chi connectivity index (χ0n) is 9.14. The molecule has 0 saturated heterocycles. The molecule has 0 radical (unpaired) electrons. The summed E-state index contributed by atoms with van der Waals surface area (Å²) in [5.74, 6) is 0.850. The summed E-state index contributed by atoms with van der Waals surface area (Å²) in [5, 5.41) is 0. The third-order valence-electron chi connectivity index (χ3n) is 2.52. The van der Waals surface area contributed by atoms with Crippen LogP contribution in [-0.2, 0) is 13.0 Å². The summed E-state index contributed by atoms with van der Waals surface area (Å²) < 4.78 is 6.74. The first kappa shape index (κ1) is 10.5. The van der Waals surface area contributed by atoms with Crippen molar-refractivity contribution >= 4 is 0 Å². The van der Waals surface area contributed by atoms with Gasteiger partial charge in [-0.05, 0) is 24.1 Å². The van der Waals surface area contributed by atoms with Gasteiger partial charge in [-0.25, -0.2) is 4.79 Å². The average Bonchev–Trinajstić information content (AvgIpc) is 2.73. The molecule has 4 nitrogen and oxygen atoms in total. The van der Waals surface area contributed by atoms with Crippen LogP contribution < -0.4 is 10.4 Å². The van der Waals surface area contributed by atoms with Crippen molar-refractivity contribution in [3.05, 3.63) is 52.7 Å². The van der Waals surface area contributed by atoms with Gasteiger partial charge in [0.1, 0.15) is 5.75 Å². The van der Waals surface area contributed by atoms with E-state index in [1.165, 1.54) is 5.56 Å². The first-order valence-electron chi connectivity index (χ1n) is 5.16. The molecule has 0 spiro atoms. The van der Waals surface area contributed by atoms with Crippen molar-refractivity contribution in [3.8, 4) is 5.75 Å². The van der Waals surface area contributed by atoms with Crippen molar-refractivity contribution in [1.29, 1.82) is 0 Å². The molecular formula is C12H14N2O2. The summed E-state index contributed by atoms with van der Waals surface area (Å²) in [7, 11) is 1.65. The van der Waals surface area contributed by atoms with Gasteiger partial charge in [0.05, 0.1) is 7.11 Å². The second-order valence-corrected chi connectivity index (χ2v) is 3.56. The number of aromatic nitrogens is 2. The minimum Gasteiger partial charge on any atom is -0.497 e. The highest BCUT2D eigenvalue weighted by molar-refractivity contribution is 5.27. The van der Waals surface area contributed by atoms with E-state index in [2.05, 4.69) is 4.98 Å². The van der Waals surface area contributed by atoms with Crippen LogP contribution in [0, 0.1) is 0 Å². The number of rotatable bonds is 4. The third kappa shape index (κ3) is 2.34. The molecule has 0 aliphatic carbocycles. The molecule has 4 heteroatoms. The van der Waals surface area contributed by atoms with E-state index >= 15 is 0 Å². The zero-order valence-corrected chi connectivity index (χ0v) is 9.14. The normalized spacial score (nSPS) is 10.3. The summed E-state index contributed by atoms with van der Waals surface area (Å²) in [4.78, 5) is 13.8. The van der Waals surface area contributed by atoms with Crippen LogP contribution in [0.5, 0.6) is 5.75 Å². The molecular weight excluding hydrogens is 204 g/mol. The predicted molar refractivity (Wildman–Crippen MR) is 61.8 cm³/mol. The standard InChI is InChI=1S/C12H14N2O2/c1-16-11-4-2-10(3-5-11)6-8-14-9-7-13-12(14)15/h2-5,7,9H,6,8H2,1H3,(H,13,15). The van der Waals surface area contributed by atoms with E-state index in [1.54, 1.807) is 24.1 Å². The number of aryl methyl sites for hydroxylation is 2. The van der Waals surface area contributed by atoms with Crippen LogP contribution in [0.3, 0.4) is 0 Å². The summed E-state index contributed by atoms with van der Waals surface area (Å²) in [6.45, 7) is 0.689. The topological polar surface area (TPSA) is 47.0 Å². The quantitative estimate of drug-likeness (QED) is 0.843. The van der Waals surface area contributed by atoms with E-state index in [1.807, 2.05) is 24.3 Å². The van der Waals surface area contributed by atoms with Crippen molar-refractivity contribution in [2.24, 2.45) is 0 Å². The van der Waals surface area contributed by atoms with Crippen LogP contribution in [-0.4, -0.2) is 16.7 Å². The number of aromatic amines is 1. The van der Waals surface area contributed by atoms with Gasteiger partial charge in [-0.15, -0.1) is 0 Å². The molecule has 0 aliphatic rings. The summed E-state index contributed by atoms with van der Waals surface area (Å²) in [6.07, 6.45) is 4.24. The fourth-order valence-electron chi connectivity index (χ4n) is 1.57. The monoisotopic (exact) mass is 218 g/mol. The molecule has 1 N–H and O–H groups in total. The maximum atomic E-state index is 11.2. The molecule has 0 atom stereocenters. The molecule has 84 valence electrons. The van der Waals surface area contributed by atoms with Gasteiger partial charge in [0.2, 0.25) is 0 Å². The van der Waals surface area contributed by atoms with E-state index < -0.39 is 0 Å². The Morgan fingerprint density at radius 2 is 2.06 bits per heavy atom. The number of hydrogen-bond acceptors (Lipinski definition) is 2. The van der Waals surface area contributed by atoms with E-state index in [0.29, 0.717) is 6.54 Å². The molecule has 0 saturated carbocycles. The Balaban J connectivity index is 2.00. The summed E-state index contributed by atoms with van der Waals surface area (Å²) in [6, 6.07) is 7.87. The van der Waals surface area contributed by atoms with E-state index in [4.69, 9.17) is 4.74 Å². The number of hydrogen-bond donors (Lipinski definition) is 1.